The molecule has 0 aliphatic heterocycles. The average Bonchev–Trinajstić information content (AvgIpc) is 2.60. The fraction of sp³-hybridized carbons (Fsp3) is 0.421. The van der Waals surface area contributed by atoms with E-state index < -0.39 is 0 Å². The second kappa shape index (κ2) is 5.52. The number of nitrogens with zero attached hydrogens (tertiary/aromatic N) is 1. The number of aromatic nitrogens is 1. The van der Waals surface area contributed by atoms with E-state index in [0.717, 1.165) is 11.6 Å². The molecule has 1 saturated carbocycles. The van der Waals surface area contributed by atoms with E-state index in [9.17, 15) is 4.39 Å². The second-order valence-corrected chi connectivity index (χ2v) is 6.62. The lowest BCUT2D eigenvalue weighted by Gasteiger charge is -2.39. The highest BCUT2D eigenvalue weighted by Crippen LogP contribution is 2.54. The molecule has 3 nitrogen and oxygen atoms in total. The third-order valence-corrected chi connectivity index (χ3v) is 5.32. The van der Waals surface area contributed by atoms with Gasteiger partial charge < -0.3 is 10.1 Å². The van der Waals surface area contributed by atoms with Gasteiger partial charge in [0.25, 0.3) is 0 Å². The van der Waals surface area contributed by atoms with Crippen molar-refractivity contribution < 1.29 is 9.13 Å². The Hall–Kier alpha value is -2.10. The van der Waals surface area contributed by atoms with Gasteiger partial charge in [-0.3, -0.25) is 0 Å². The Morgan fingerprint density at radius 3 is 2.48 bits per heavy atom. The molecule has 3 aliphatic rings. The highest BCUT2D eigenvalue weighted by Gasteiger charge is 2.37. The van der Waals surface area contributed by atoms with E-state index in [1.807, 2.05) is 6.07 Å². The molecule has 0 radical (unpaired) electrons. The first-order valence-electron chi connectivity index (χ1n) is 8.28. The standard InChI is InChI=1S/C19H21FN2O/c1-11-4-3-5-14(18(11)20)22-15-10-21-19(23-2)17-13-8-6-12(7-9-13)16(15)17/h3-5,10,12-13,22H,6-9H2,1-2H3. The van der Waals surface area contributed by atoms with Crippen molar-refractivity contribution in [2.45, 2.75) is 44.4 Å². The quantitative estimate of drug-likeness (QED) is 0.862. The van der Waals surface area contributed by atoms with Crippen LogP contribution in [0.15, 0.2) is 24.4 Å². The third-order valence-electron chi connectivity index (χ3n) is 5.32. The number of hydrogen-bond donors (Lipinski definition) is 1. The minimum absolute atomic E-state index is 0.196. The summed E-state index contributed by atoms with van der Waals surface area (Å²) in [6.07, 6.45) is 6.61. The van der Waals surface area contributed by atoms with E-state index in [0.29, 0.717) is 23.1 Å². The van der Waals surface area contributed by atoms with E-state index >= 15 is 0 Å². The molecule has 0 amide bonds. The van der Waals surface area contributed by atoms with Crippen molar-refractivity contribution in [1.82, 2.24) is 4.98 Å². The Labute approximate surface area is 135 Å². The molecule has 0 saturated heterocycles. The van der Waals surface area contributed by atoms with Gasteiger partial charge in [-0.25, -0.2) is 9.37 Å². The zero-order valence-corrected chi connectivity index (χ0v) is 13.5. The highest BCUT2D eigenvalue weighted by atomic mass is 19.1. The molecule has 0 spiro atoms. The van der Waals surface area contributed by atoms with Gasteiger partial charge in [-0.05, 0) is 61.6 Å². The van der Waals surface area contributed by atoms with Crippen LogP contribution in [0.1, 0.15) is 54.2 Å². The van der Waals surface area contributed by atoms with Crippen molar-refractivity contribution in [2.24, 2.45) is 0 Å². The fourth-order valence-corrected chi connectivity index (χ4v) is 4.18. The van der Waals surface area contributed by atoms with Gasteiger partial charge in [-0.2, -0.15) is 0 Å². The molecule has 120 valence electrons. The number of fused-ring (bicyclic) bond motifs is 2. The maximum atomic E-state index is 14.3. The van der Waals surface area contributed by atoms with Crippen molar-refractivity contribution in [3.63, 3.8) is 0 Å². The summed E-state index contributed by atoms with van der Waals surface area (Å²) in [5, 5.41) is 3.28. The summed E-state index contributed by atoms with van der Waals surface area (Å²) >= 11 is 0. The lowest BCUT2D eigenvalue weighted by atomic mass is 9.67. The summed E-state index contributed by atoms with van der Waals surface area (Å²) in [6.45, 7) is 1.78. The number of nitrogens with one attached hydrogen (secondary N) is 1. The van der Waals surface area contributed by atoms with Crippen LogP contribution in [0, 0.1) is 12.7 Å². The number of hydrogen-bond acceptors (Lipinski definition) is 3. The number of ether oxygens (including phenoxy) is 1. The van der Waals surface area contributed by atoms with Gasteiger partial charge in [0.2, 0.25) is 5.88 Å². The monoisotopic (exact) mass is 312 g/mol. The maximum Gasteiger partial charge on any atom is 0.216 e. The number of rotatable bonds is 3. The van der Waals surface area contributed by atoms with Crippen molar-refractivity contribution in [2.75, 3.05) is 12.4 Å². The van der Waals surface area contributed by atoms with E-state index in [1.54, 1.807) is 32.4 Å². The van der Waals surface area contributed by atoms with Crippen LogP contribution in [0.3, 0.4) is 0 Å². The lowest BCUT2D eigenvalue weighted by molar-refractivity contribution is 0.329. The van der Waals surface area contributed by atoms with Crippen molar-refractivity contribution in [3.8, 4) is 5.88 Å². The number of benzene rings is 1. The van der Waals surface area contributed by atoms with Gasteiger partial charge >= 0.3 is 0 Å². The second-order valence-electron chi connectivity index (χ2n) is 6.62. The van der Waals surface area contributed by atoms with Crippen LogP contribution in [0.25, 0.3) is 0 Å². The van der Waals surface area contributed by atoms with Gasteiger partial charge in [0.05, 0.1) is 24.7 Å². The molecule has 3 aliphatic carbocycles. The number of aryl methyl sites for hydroxylation is 1. The van der Waals surface area contributed by atoms with Crippen molar-refractivity contribution in [3.05, 3.63) is 46.9 Å². The molecule has 4 heteroatoms. The number of methoxy groups -OCH3 is 1. The molecule has 1 heterocycles. The van der Waals surface area contributed by atoms with E-state index in [4.69, 9.17) is 4.74 Å². The lowest BCUT2D eigenvalue weighted by Crippen LogP contribution is -2.24. The molecule has 0 atom stereocenters. The zero-order chi connectivity index (χ0) is 16.0. The Balaban J connectivity index is 1.81. The molecule has 2 aromatic rings. The van der Waals surface area contributed by atoms with Gasteiger partial charge in [-0.15, -0.1) is 0 Å². The predicted octanol–water partition coefficient (Wildman–Crippen LogP) is 5.04. The largest absolute Gasteiger partial charge is 0.481 e. The van der Waals surface area contributed by atoms with Crippen LogP contribution >= 0.6 is 0 Å². The smallest absolute Gasteiger partial charge is 0.216 e. The average molecular weight is 312 g/mol. The molecule has 1 aromatic carbocycles. The van der Waals surface area contributed by atoms with Crippen LogP contribution in [-0.4, -0.2) is 12.1 Å². The van der Waals surface area contributed by atoms with Gasteiger partial charge in [-0.1, -0.05) is 12.1 Å². The Bertz CT molecular complexity index is 751. The summed E-state index contributed by atoms with van der Waals surface area (Å²) in [5.41, 5.74) is 4.63. The zero-order valence-electron chi connectivity index (χ0n) is 13.5. The minimum atomic E-state index is -0.196. The molecule has 5 rings (SSSR count). The van der Waals surface area contributed by atoms with Gasteiger partial charge in [0.15, 0.2) is 0 Å². The normalized spacial score (nSPS) is 21.9. The van der Waals surface area contributed by atoms with E-state index in [1.165, 1.54) is 36.8 Å². The summed E-state index contributed by atoms with van der Waals surface area (Å²) < 4.78 is 19.8. The van der Waals surface area contributed by atoms with Gasteiger partial charge in [0.1, 0.15) is 5.82 Å². The summed E-state index contributed by atoms with van der Waals surface area (Å²) in [6, 6.07) is 5.43. The van der Waals surface area contributed by atoms with Crippen molar-refractivity contribution >= 4 is 11.4 Å². The van der Waals surface area contributed by atoms with Crippen LogP contribution in [0.4, 0.5) is 15.8 Å². The Kier molecular flexibility index (Phi) is 3.47. The van der Waals surface area contributed by atoms with E-state index in [-0.39, 0.29) is 5.82 Å². The molecule has 1 aromatic heterocycles. The maximum absolute atomic E-state index is 14.3. The molecule has 1 N–H and O–H groups in total. The SMILES string of the molecule is COc1ncc(Nc2cccc(C)c2F)c2c1C1CCC2CC1. The number of halogens is 1. The summed E-state index contributed by atoms with van der Waals surface area (Å²) in [4.78, 5) is 4.47. The first kappa shape index (κ1) is 14.5. The minimum Gasteiger partial charge on any atom is -0.481 e. The first-order chi connectivity index (χ1) is 11.2. The number of pyridine rings is 1. The summed E-state index contributed by atoms with van der Waals surface area (Å²) in [7, 11) is 1.68. The van der Waals surface area contributed by atoms with Crippen LogP contribution < -0.4 is 10.1 Å². The van der Waals surface area contributed by atoms with Gasteiger partial charge in [0, 0.05) is 5.56 Å². The molecule has 2 bridgehead atoms. The predicted molar refractivity (Wildman–Crippen MR) is 89.2 cm³/mol. The van der Waals surface area contributed by atoms with Crippen molar-refractivity contribution in [1.29, 1.82) is 0 Å². The summed E-state index contributed by atoms with van der Waals surface area (Å²) in [5.74, 6) is 1.60. The number of anilines is 2. The van der Waals surface area contributed by atoms with Crippen LogP contribution in [-0.2, 0) is 0 Å². The third kappa shape index (κ3) is 2.28. The highest BCUT2D eigenvalue weighted by molar-refractivity contribution is 5.68. The Morgan fingerprint density at radius 2 is 1.78 bits per heavy atom. The fourth-order valence-electron chi connectivity index (χ4n) is 4.18. The molecular weight excluding hydrogens is 291 g/mol. The molecule has 1 fully saturated rings. The molecule has 0 unspecified atom stereocenters. The first-order valence-corrected chi connectivity index (χ1v) is 8.28. The van der Waals surface area contributed by atoms with Crippen LogP contribution in [0.5, 0.6) is 5.88 Å². The topological polar surface area (TPSA) is 34.1 Å². The van der Waals surface area contributed by atoms with E-state index in [2.05, 4.69) is 10.3 Å². The molecular formula is C19H21FN2O. The van der Waals surface area contributed by atoms with Crippen LogP contribution in [0.2, 0.25) is 0 Å². The Morgan fingerprint density at radius 1 is 1.09 bits per heavy atom. The molecule has 23 heavy (non-hydrogen) atoms.